The maximum atomic E-state index is 4.63. The van der Waals surface area contributed by atoms with Crippen LogP contribution in [0.15, 0.2) is 182 Å². The summed E-state index contributed by atoms with van der Waals surface area (Å²) < 4.78 is 0. The van der Waals surface area contributed by atoms with Crippen LogP contribution in [0.4, 0.5) is 0 Å². The highest BCUT2D eigenvalue weighted by atomic mass is 32.3. The first-order valence-corrected chi connectivity index (χ1v) is 18.0. The Balaban J connectivity index is 1.51. The molecule has 0 saturated heterocycles. The molecule has 0 radical (unpaired) electrons. The van der Waals surface area contributed by atoms with Gasteiger partial charge in [-0.05, 0) is 116 Å². The lowest BCUT2D eigenvalue weighted by atomic mass is 9.87. The van der Waals surface area contributed by atoms with Gasteiger partial charge in [-0.3, -0.25) is 0 Å². The topological polar surface area (TPSA) is 0 Å². The lowest BCUT2D eigenvalue weighted by molar-refractivity contribution is 0.792. The number of rotatable bonds is 11. The minimum atomic E-state index is -1.61. The van der Waals surface area contributed by atoms with Crippen molar-refractivity contribution >= 4 is 15.6 Å². The van der Waals surface area contributed by atoms with Crippen molar-refractivity contribution in [1.29, 1.82) is 0 Å². The molecule has 5 rings (SSSR count). The van der Waals surface area contributed by atoms with Crippen molar-refractivity contribution in [3.63, 3.8) is 0 Å². The van der Waals surface area contributed by atoms with Crippen molar-refractivity contribution in [2.24, 2.45) is 5.92 Å². The van der Waals surface area contributed by atoms with Crippen LogP contribution < -0.4 is 0 Å². The molecular weight excluding hydrogens is 561 g/mol. The molecule has 1 aliphatic rings. The fourth-order valence-corrected chi connectivity index (χ4v) is 11.0. The van der Waals surface area contributed by atoms with Crippen LogP contribution in [0.25, 0.3) is 5.57 Å². The number of hydrogen-bond acceptors (Lipinski definition) is 0. The largest absolute Gasteiger partial charge is 0.137 e. The highest BCUT2D eigenvalue weighted by Crippen LogP contribution is 2.74. The van der Waals surface area contributed by atoms with Crippen LogP contribution in [0.2, 0.25) is 0 Å². The SMILES string of the molecule is C=C(CC1=C(C)C=C(S(c2ccccc2)(c2ccccc2)c2ccccc2)CC1)Cc1ccccc1/C(C)=C(/C=C\C)C(C)C. The van der Waals surface area contributed by atoms with E-state index in [1.807, 2.05) is 0 Å². The first kappa shape index (κ1) is 32.3. The first-order chi connectivity index (χ1) is 21.9. The molecule has 0 bridgehead atoms. The van der Waals surface area contributed by atoms with Gasteiger partial charge in [-0.2, -0.15) is 0 Å². The Labute approximate surface area is 274 Å². The van der Waals surface area contributed by atoms with E-state index < -0.39 is 10.0 Å². The molecule has 0 N–H and O–H groups in total. The molecule has 0 spiro atoms. The zero-order chi connectivity index (χ0) is 31.8. The Hall–Kier alpha value is -4.07. The fourth-order valence-electron chi connectivity index (χ4n) is 6.85. The summed E-state index contributed by atoms with van der Waals surface area (Å²) in [5.74, 6) is 0.477. The van der Waals surface area contributed by atoms with Crippen molar-refractivity contribution in [2.45, 2.75) is 75.0 Å². The summed E-state index contributed by atoms with van der Waals surface area (Å²) in [5.41, 5.74) is 9.69. The van der Waals surface area contributed by atoms with Crippen LogP contribution in [0.3, 0.4) is 0 Å². The smallest absolute Gasteiger partial charge is 0.00200 e. The van der Waals surface area contributed by atoms with Gasteiger partial charge in [0.25, 0.3) is 0 Å². The van der Waals surface area contributed by atoms with E-state index in [1.54, 1.807) is 0 Å². The van der Waals surface area contributed by atoms with Crippen LogP contribution in [-0.4, -0.2) is 0 Å². The number of benzene rings is 4. The number of hydrogen-bond donors (Lipinski definition) is 0. The first-order valence-electron chi connectivity index (χ1n) is 16.3. The molecule has 4 aromatic carbocycles. The molecule has 0 aliphatic heterocycles. The van der Waals surface area contributed by atoms with E-state index in [4.69, 9.17) is 0 Å². The van der Waals surface area contributed by atoms with E-state index in [2.05, 4.69) is 175 Å². The monoisotopic (exact) mass is 608 g/mol. The van der Waals surface area contributed by atoms with Gasteiger partial charge in [0.2, 0.25) is 0 Å². The third-order valence-corrected chi connectivity index (χ3v) is 13.1. The predicted molar refractivity (Wildman–Crippen MR) is 198 cm³/mol. The highest BCUT2D eigenvalue weighted by molar-refractivity contribution is 8.37. The fraction of sp³-hybridized carbons (Fsp3) is 0.227. The Morgan fingerprint density at radius 1 is 0.733 bits per heavy atom. The molecule has 0 heterocycles. The molecule has 0 unspecified atom stereocenters. The third kappa shape index (κ3) is 6.95. The van der Waals surface area contributed by atoms with Gasteiger partial charge in [-0.25, -0.2) is 0 Å². The normalized spacial score (nSPS) is 14.8. The quantitative estimate of drug-likeness (QED) is 0.117. The summed E-state index contributed by atoms with van der Waals surface area (Å²) in [7, 11) is -1.61. The standard InChI is InChI=1S/C44H48S/c1-7-19-43(33(2)3)36(6)44-27-18-17-20-38(44)31-34(4)30-37-28-29-42(32-35(37)5)45(39-21-11-8-12-22-39,40-23-13-9-14-24-40)41-25-15-10-16-26-41/h7-27,32-33H,4,28-31H2,1-3,5-6H3/b19-7-,43-36-. The molecule has 0 saturated carbocycles. The summed E-state index contributed by atoms with van der Waals surface area (Å²) in [4.78, 5) is 5.73. The second-order valence-corrected chi connectivity index (χ2v) is 15.6. The zero-order valence-corrected chi connectivity index (χ0v) is 28.5. The van der Waals surface area contributed by atoms with Crippen LogP contribution in [0, 0.1) is 5.92 Å². The van der Waals surface area contributed by atoms with Gasteiger partial charge in [0.05, 0.1) is 0 Å². The van der Waals surface area contributed by atoms with Crippen LogP contribution in [-0.2, 0) is 6.42 Å². The Morgan fingerprint density at radius 2 is 1.24 bits per heavy atom. The van der Waals surface area contributed by atoms with Crippen LogP contribution in [0.5, 0.6) is 0 Å². The van der Waals surface area contributed by atoms with E-state index >= 15 is 0 Å². The summed E-state index contributed by atoms with van der Waals surface area (Å²) in [6.07, 6.45) is 10.9. The van der Waals surface area contributed by atoms with E-state index in [-0.39, 0.29) is 0 Å². The molecule has 0 fully saturated rings. The van der Waals surface area contributed by atoms with Gasteiger partial charge in [0.15, 0.2) is 0 Å². The van der Waals surface area contributed by atoms with Crippen molar-refractivity contribution in [3.8, 4) is 0 Å². The Kier molecular flexibility index (Phi) is 10.6. The van der Waals surface area contributed by atoms with Gasteiger partial charge < -0.3 is 0 Å². The zero-order valence-electron chi connectivity index (χ0n) is 27.7. The molecular formula is C44H48S. The van der Waals surface area contributed by atoms with Crippen molar-refractivity contribution in [3.05, 3.63) is 178 Å². The molecule has 0 nitrogen and oxygen atoms in total. The average Bonchev–Trinajstić information content (AvgIpc) is 3.06. The molecule has 230 valence electrons. The van der Waals surface area contributed by atoms with Crippen molar-refractivity contribution in [2.75, 3.05) is 0 Å². The molecule has 1 heteroatoms. The second kappa shape index (κ2) is 14.8. The van der Waals surface area contributed by atoms with Gasteiger partial charge in [0.1, 0.15) is 0 Å². The van der Waals surface area contributed by atoms with E-state index in [0.29, 0.717) is 5.92 Å². The molecule has 0 amide bonds. The van der Waals surface area contributed by atoms with Crippen molar-refractivity contribution in [1.82, 2.24) is 0 Å². The minimum absolute atomic E-state index is 0.477. The van der Waals surface area contributed by atoms with Gasteiger partial charge >= 0.3 is 0 Å². The summed E-state index contributed by atoms with van der Waals surface area (Å²) >= 11 is 0. The second-order valence-electron chi connectivity index (χ2n) is 12.4. The summed E-state index contributed by atoms with van der Waals surface area (Å²) in [6, 6.07) is 42.5. The van der Waals surface area contributed by atoms with Gasteiger partial charge in [-0.1, -0.05) is 134 Å². The maximum absolute atomic E-state index is 4.63. The maximum Gasteiger partial charge on any atom is 0.00200 e. The number of allylic oxidation sites excluding steroid dienone is 9. The predicted octanol–water partition coefficient (Wildman–Crippen LogP) is 13.2. The van der Waals surface area contributed by atoms with E-state index in [9.17, 15) is 0 Å². The lowest BCUT2D eigenvalue weighted by Crippen LogP contribution is -2.11. The van der Waals surface area contributed by atoms with E-state index in [0.717, 1.165) is 25.7 Å². The minimum Gasteiger partial charge on any atom is -0.137 e. The van der Waals surface area contributed by atoms with Gasteiger partial charge in [0, 0.05) is 14.7 Å². The molecule has 1 aliphatic carbocycles. The highest BCUT2D eigenvalue weighted by Gasteiger charge is 2.35. The van der Waals surface area contributed by atoms with Gasteiger partial charge in [-0.15, -0.1) is 10.0 Å². The Morgan fingerprint density at radius 3 is 1.73 bits per heavy atom. The Bertz CT molecular complexity index is 1630. The van der Waals surface area contributed by atoms with Crippen molar-refractivity contribution < 1.29 is 0 Å². The molecule has 0 aromatic heterocycles. The van der Waals surface area contributed by atoms with E-state index in [1.165, 1.54) is 58.6 Å². The lowest BCUT2D eigenvalue weighted by Gasteiger charge is -2.45. The molecule has 45 heavy (non-hydrogen) atoms. The van der Waals surface area contributed by atoms with Crippen LogP contribution >= 0.6 is 10.0 Å². The average molecular weight is 609 g/mol. The molecule has 4 aromatic rings. The third-order valence-electron chi connectivity index (χ3n) is 9.02. The summed E-state index contributed by atoms with van der Waals surface area (Å²) in [6.45, 7) is 15.9. The molecule has 0 atom stereocenters. The van der Waals surface area contributed by atoms with Crippen LogP contribution in [0.1, 0.15) is 65.0 Å². The summed E-state index contributed by atoms with van der Waals surface area (Å²) in [5, 5.41) is 0.